The Labute approximate surface area is 122 Å². The van der Waals surface area contributed by atoms with Crippen molar-refractivity contribution in [1.29, 1.82) is 0 Å². The molecule has 0 atom stereocenters. The lowest BCUT2D eigenvalue weighted by Crippen LogP contribution is -2.31. The lowest BCUT2D eigenvalue weighted by molar-refractivity contribution is 0.0735. The summed E-state index contributed by atoms with van der Waals surface area (Å²) >= 11 is 6.60. The molecular weight excluding hydrogens is 330 g/mol. The van der Waals surface area contributed by atoms with Gasteiger partial charge in [-0.05, 0) is 63.3 Å². The maximum Gasteiger partial charge on any atom is 0.264 e. The average molecular weight is 342 g/mol. The van der Waals surface area contributed by atoms with Gasteiger partial charge in [0.25, 0.3) is 5.91 Å². The van der Waals surface area contributed by atoms with E-state index >= 15 is 0 Å². The molecule has 2 heterocycles. The monoisotopic (exact) mass is 341 g/mol. The molecule has 2 aromatic rings. The quantitative estimate of drug-likeness (QED) is 0.808. The van der Waals surface area contributed by atoms with Crippen LogP contribution in [-0.4, -0.2) is 16.8 Å². The Morgan fingerprint density at radius 3 is 2.78 bits per heavy atom. The first kappa shape index (κ1) is 12.4. The van der Waals surface area contributed by atoms with Crippen molar-refractivity contribution in [3.8, 4) is 0 Å². The molecule has 0 aromatic carbocycles. The van der Waals surface area contributed by atoms with E-state index in [-0.39, 0.29) is 5.91 Å². The Morgan fingerprint density at radius 2 is 2.22 bits per heavy atom. The topological polar surface area (TPSA) is 20.3 Å². The van der Waals surface area contributed by atoms with Gasteiger partial charge in [0.15, 0.2) is 0 Å². The zero-order valence-corrected chi connectivity index (χ0v) is 12.9. The van der Waals surface area contributed by atoms with Crippen LogP contribution in [0.15, 0.2) is 32.7 Å². The summed E-state index contributed by atoms with van der Waals surface area (Å²) in [7, 11) is 0. The maximum absolute atomic E-state index is 12.5. The molecule has 0 bridgehead atoms. The smallest absolute Gasteiger partial charge is 0.264 e. The zero-order valence-electron chi connectivity index (χ0n) is 9.64. The summed E-state index contributed by atoms with van der Waals surface area (Å²) in [5.74, 6) is 0.166. The van der Waals surface area contributed by atoms with E-state index in [2.05, 4.69) is 32.8 Å². The molecule has 0 N–H and O–H groups in total. The SMILES string of the molecule is O=C(c1ccc(Br)s1)N(Cc1ccsc1)C1CC1. The normalized spacial score (nSPS) is 14.7. The summed E-state index contributed by atoms with van der Waals surface area (Å²) in [5, 5.41) is 4.18. The van der Waals surface area contributed by atoms with Crippen molar-refractivity contribution in [2.45, 2.75) is 25.4 Å². The molecule has 3 rings (SSSR count). The number of carbonyl (C=O) groups excluding carboxylic acids is 1. The number of carbonyl (C=O) groups is 1. The molecule has 2 aromatic heterocycles. The number of rotatable bonds is 4. The lowest BCUT2D eigenvalue weighted by atomic mass is 10.3. The van der Waals surface area contributed by atoms with Crippen molar-refractivity contribution in [2.24, 2.45) is 0 Å². The van der Waals surface area contributed by atoms with Crippen LogP contribution in [0.2, 0.25) is 0 Å². The van der Waals surface area contributed by atoms with Crippen LogP contribution in [0.4, 0.5) is 0 Å². The van der Waals surface area contributed by atoms with Gasteiger partial charge >= 0.3 is 0 Å². The molecule has 0 aliphatic heterocycles. The summed E-state index contributed by atoms with van der Waals surface area (Å²) in [5.41, 5.74) is 1.23. The molecule has 0 spiro atoms. The lowest BCUT2D eigenvalue weighted by Gasteiger charge is -2.21. The number of halogens is 1. The Balaban J connectivity index is 1.79. The third kappa shape index (κ3) is 2.68. The van der Waals surface area contributed by atoms with Crippen LogP contribution in [0, 0.1) is 0 Å². The summed E-state index contributed by atoms with van der Waals surface area (Å²) in [6.07, 6.45) is 2.28. The molecule has 1 aliphatic carbocycles. The highest BCUT2D eigenvalue weighted by Gasteiger charge is 2.33. The van der Waals surface area contributed by atoms with E-state index in [1.54, 1.807) is 11.3 Å². The van der Waals surface area contributed by atoms with Crippen LogP contribution in [0.25, 0.3) is 0 Å². The number of amides is 1. The van der Waals surface area contributed by atoms with Crippen molar-refractivity contribution in [2.75, 3.05) is 0 Å². The van der Waals surface area contributed by atoms with E-state index in [1.807, 2.05) is 17.0 Å². The van der Waals surface area contributed by atoms with Crippen molar-refractivity contribution >= 4 is 44.5 Å². The summed E-state index contributed by atoms with van der Waals surface area (Å²) in [6, 6.07) is 6.38. The second-order valence-corrected chi connectivity index (χ2v) is 7.64. The van der Waals surface area contributed by atoms with Crippen molar-refractivity contribution in [1.82, 2.24) is 4.90 Å². The molecule has 2 nitrogen and oxygen atoms in total. The van der Waals surface area contributed by atoms with E-state index in [0.717, 1.165) is 28.0 Å². The summed E-state index contributed by atoms with van der Waals surface area (Å²) < 4.78 is 1.01. The minimum atomic E-state index is 0.166. The molecule has 1 fully saturated rings. The van der Waals surface area contributed by atoms with Gasteiger partial charge in [-0.2, -0.15) is 11.3 Å². The van der Waals surface area contributed by atoms with E-state index in [1.165, 1.54) is 16.9 Å². The molecule has 1 aliphatic rings. The fourth-order valence-electron chi connectivity index (χ4n) is 1.90. The third-order valence-electron chi connectivity index (χ3n) is 2.97. The molecule has 0 radical (unpaired) electrons. The van der Waals surface area contributed by atoms with Gasteiger partial charge in [-0.3, -0.25) is 4.79 Å². The fraction of sp³-hybridized carbons (Fsp3) is 0.308. The Morgan fingerprint density at radius 1 is 1.39 bits per heavy atom. The standard InChI is InChI=1S/C13H12BrNOS2/c14-12-4-3-11(18-12)13(16)15(10-1-2-10)7-9-5-6-17-8-9/h3-6,8,10H,1-2,7H2. The van der Waals surface area contributed by atoms with E-state index in [9.17, 15) is 4.79 Å². The minimum Gasteiger partial charge on any atom is -0.331 e. The van der Waals surface area contributed by atoms with Crippen LogP contribution in [-0.2, 0) is 6.54 Å². The first-order chi connectivity index (χ1) is 8.74. The van der Waals surface area contributed by atoms with Crippen LogP contribution in [0.3, 0.4) is 0 Å². The van der Waals surface area contributed by atoms with Gasteiger partial charge in [0.2, 0.25) is 0 Å². The largest absolute Gasteiger partial charge is 0.331 e. The molecular formula is C13H12BrNOS2. The van der Waals surface area contributed by atoms with Crippen LogP contribution in [0.5, 0.6) is 0 Å². The van der Waals surface area contributed by atoms with Gasteiger partial charge in [-0.25, -0.2) is 0 Å². The second kappa shape index (κ2) is 5.15. The van der Waals surface area contributed by atoms with E-state index < -0.39 is 0 Å². The van der Waals surface area contributed by atoms with Gasteiger partial charge < -0.3 is 4.90 Å². The third-order valence-corrected chi connectivity index (χ3v) is 5.31. The molecule has 5 heteroatoms. The molecule has 18 heavy (non-hydrogen) atoms. The minimum absolute atomic E-state index is 0.166. The molecule has 94 valence electrons. The van der Waals surface area contributed by atoms with E-state index in [4.69, 9.17) is 0 Å². The zero-order chi connectivity index (χ0) is 12.5. The van der Waals surface area contributed by atoms with Crippen LogP contribution < -0.4 is 0 Å². The van der Waals surface area contributed by atoms with Crippen molar-refractivity contribution < 1.29 is 4.79 Å². The maximum atomic E-state index is 12.5. The van der Waals surface area contributed by atoms with Gasteiger partial charge in [0.05, 0.1) is 8.66 Å². The Bertz CT molecular complexity index is 545. The summed E-state index contributed by atoms with van der Waals surface area (Å²) in [6.45, 7) is 0.739. The predicted molar refractivity (Wildman–Crippen MR) is 79.2 cm³/mol. The molecule has 1 amide bonds. The highest BCUT2D eigenvalue weighted by atomic mass is 79.9. The predicted octanol–water partition coefficient (Wildman–Crippen LogP) is 4.38. The first-order valence-corrected chi connectivity index (χ1v) is 8.36. The Hall–Kier alpha value is -0.650. The molecule has 1 saturated carbocycles. The van der Waals surface area contributed by atoms with Crippen molar-refractivity contribution in [3.63, 3.8) is 0 Å². The van der Waals surface area contributed by atoms with E-state index in [0.29, 0.717) is 6.04 Å². The first-order valence-electron chi connectivity index (χ1n) is 5.81. The van der Waals surface area contributed by atoms with Gasteiger partial charge in [-0.15, -0.1) is 11.3 Å². The Kier molecular flexibility index (Phi) is 3.54. The fourth-order valence-corrected chi connectivity index (χ4v) is 3.90. The van der Waals surface area contributed by atoms with Crippen LogP contribution in [0.1, 0.15) is 28.1 Å². The number of hydrogen-bond donors (Lipinski definition) is 0. The number of nitrogens with zero attached hydrogens (tertiary/aromatic N) is 1. The number of thiophene rings is 2. The second-order valence-electron chi connectivity index (χ2n) is 4.40. The van der Waals surface area contributed by atoms with Gasteiger partial charge in [0.1, 0.15) is 0 Å². The molecule has 0 saturated heterocycles. The average Bonchev–Trinajstić information content (AvgIpc) is 2.88. The molecule has 0 unspecified atom stereocenters. The van der Waals surface area contributed by atoms with Crippen LogP contribution >= 0.6 is 38.6 Å². The highest BCUT2D eigenvalue weighted by molar-refractivity contribution is 9.11. The number of hydrogen-bond acceptors (Lipinski definition) is 3. The summed E-state index contributed by atoms with van der Waals surface area (Å²) in [4.78, 5) is 15.3. The van der Waals surface area contributed by atoms with Gasteiger partial charge in [-0.1, -0.05) is 0 Å². The van der Waals surface area contributed by atoms with Crippen molar-refractivity contribution in [3.05, 3.63) is 43.2 Å². The highest BCUT2D eigenvalue weighted by Crippen LogP contribution is 2.32. The van der Waals surface area contributed by atoms with Gasteiger partial charge in [0, 0.05) is 12.6 Å².